The lowest BCUT2D eigenvalue weighted by molar-refractivity contribution is -0.119. The van der Waals surface area contributed by atoms with Gasteiger partial charge in [-0.15, -0.1) is 5.10 Å². The van der Waals surface area contributed by atoms with Gasteiger partial charge in [0.05, 0.1) is 34.7 Å². The average molecular weight is 297 g/mol. The molecule has 108 valence electrons. The third kappa shape index (κ3) is 3.05. The summed E-state index contributed by atoms with van der Waals surface area (Å²) in [4.78, 5) is 12.1. The van der Waals surface area contributed by atoms with Crippen LogP contribution in [-0.2, 0) is 30.8 Å². The number of ketones is 1. The number of rotatable bonds is 6. The van der Waals surface area contributed by atoms with E-state index in [4.69, 9.17) is 17.3 Å². The highest BCUT2D eigenvalue weighted by atomic mass is 35.5. The van der Waals surface area contributed by atoms with Crippen LogP contribution in [0.2, 0.25) is 5.02 Å². The van der Waals surface area contributed by atoms with Gasteiger partial charge in [0, 0.05) is 13.1 Å². The number of nitrogens with two attached hydrogens (primary N) is 1. The number of halogens is 1. The van der Waals surface area contributed by atoms with Crippen molar-refractivity contribution in [2.45, 2.75) is 39.9 Å². The Labute approximate surface area is 121 Å². The Hall–Kier alpha value is -1.73. The Morgan fingerprint density at radius 1 is 1.50 bits per heavy atom. The number of Topliss-reactive ketones (excluding diaryl/α,β-unsaturated/α-hetero) is 1. The lowest BCUT2D eigenvalue weighted by Crippen LogP contribution is -2.16. The fraction of sp³-hybridized carbons (Fsp3) is 0.500. The minimum Gasteiger partial charge on any atom is -0.325 e. The summed E-state index contributed by atoms with van der Waals surface area (Å²) in [6.45, 7) is 4.92. The minimum atomic E-state index is -0.00466. The van der Waals surface area contributed by atoms with Gasteiger partial charge in [-0.3, -0.25) is 9.48 Å². The maximum Gasteiger partial charge on any atom is 0.160 e. The molecule has 0 bridgehead atoms. The summed E-state index contributed by atoms with van der Waals surface area (Å²) in [5.74, 6) is -0.00466. The topological polar surface area (TPSA) is 91.6 Å². The summed E-state index contributed by atoms with van der Waals surface area (Å²) in [5, 5.41) is 12.5. The van der Waals surface area contributed by atoms with Crippen LogP contribution in [0.3, 0.4) is 0 Å². The highest BCUT2D eigenvalue weighted by Crippen LogP contribution is 2.21. The third-order valence-corrected chi connectivity index (χ3v) is 3.44. The lowest BCUT2D eigenvalue weighted by atomic mass is 10.2. The maximum atomic E-state index is 12.1. The molecule has 20 heavy (non-hydrogen) atoms. The molecule has 0 aliphatic heterocycles. The van der Waals surface area contributed by atoms with E-state index in [1.807, 2.05) is 13.8 Å². The Balaban J connectivity index is 2.08. The van der Waals surface area contributed by atoms with E-state index in [1.165, 1.54) is 4.68 Å². The zero-order chi connectivity index (χ0) is 14.7. The molecule has 0 radical (unpaired) electrons. The van der Waals surface area contributed by atoms with Gasteiger partial charge >= 0.3 is 0 Å². The van der Waals surface area contributed by atoms with E-state index in [0.29, 0.717) is 23.8 Å². The normalized spacial score (nSPS) is 11.0. The van der Waals surface area contributed by atoms with Gasteiger partial charge in [-0.2, -0.15) is 5.10 Å². The molecular formula is C12H17ClN6O. The van der Waals surface area contributed by atoms with Gasteiger partial charge in [0.2, 0.25) is 0 Å². The molecule has 0 spiro atoms. The first-order valence-corrected chi connectivity index (χ1v) is 6.75. The molecule has 0 fully saturated rings. The second kappa shape index (κ2) is 6.15. The molecule has 0 amide bonds. The molecule has 2 aromatic heterocycles. The molecule has 2 aromatic rings. The van der Waals surface area contributed by atoms with Crippen LogP contribution in [0.1, 0.15) is 24.0 Å². The van der Waals surface area contributed by atoms with Crippen molar-refractivity contribution in [2.75, 3.05) is 0 Å². The Kier molecular flexibility index (Phi) is 4.51. The van der Waals surface area contributed by atoms with Gasteiger partial charge in [0.1, 0.15) is 6.54 Å². The first-order chi connectivity index (χ1) is 9.55. The molecule has 8 heteroatoms. The molecule has 0 atom stereocenters. The van der Waals surface area contributed by atoms with Crippen LogP contribution >= 0.6 is 11.6 Å². The van der Waals surface area contributed by atoms with Gasteiger partial charge in [-0.25, -0.2) is 4.68 Å². The van der Waals surface area contributed by atoms with Gasteiger partial charge in [0.15, 0.2) is 5.78 Å². The number of aryl methyl sites for hydroxylation is 2. The standard InChI is InChI=1S/C12H17ClN6O/c1-3-19-11(12(13)8(2)16-19)4-10(20)7-18-6-9(5-14)15-17-18/h6H,3-5,7,14H2,1-2H3. The van der Waals surface area contributed by atoms with Gasteiger partial charge in [-0.05, 0) is 13.8 Å². The van der Waals surface area contributed by atoms with Crippen molar-refractivity contribution in [2.24, 2.45) is 5.73 Å². The Morgan fingerprint density at radius 2 is 2.25 bits per heavy atom. The molecule has 0 unspecified atom stereocenters. The second-order valence-corrected chi connectivity index (χ2v) is 4.87. The van der Waals surface area contributed by atoms with Crippen LogP contribution in [0.25, 0.3) is 0 Å². The van der Waals surface area contributed by atoms with Crippen molar-refractivity contribution in [3.05, 3.63) is 28.3 Å². The molecule has 0 saturated heterocycles. The molecule has 0 aliphatic rings. The Morgan fingerprint density at radius 3 is 2.85 bits per heavy atom. The average Bonchev–Trinajstić information content (AvgIpc) is 2.98. The first kappa shape index (κ1) is 14.7. The smallest absolute Gasteiger partial charge is 0.160 e. The predicted molar refractivity (Wildman–Crippen MR) is 74.3 cm³/mol. The maximum absolute atomic E-state index is 12.1. The Bertz CT molecular complexity index is 617. The molecular weight excluding hydrogens is 280 g/mol. The third-order valence-electron chi connectivity index (χ3n) is 2.95. The quantitative estimate of drug-likeness (QED) is 0.848. The second-order valence-electron chi connectivity index (χ2n) is 4.49. The van der Waals surface area contributed by atoms with E-state index in [-0.39, 0.29) is 18.7 Å². The molecule has 2 N–H and O–H groups in total. The van der Waals surface area contributed by atoms with Crippen molar-refractivity contribution >= 4 is 17.4 Å². The van der Waals surface area contributed by atoms with E-state index in [1.54, 1.807) is 10.9 Å². The van der Waals surface area contributed by atoms with Crippen molar-refractivity contribution < 1.29 is 4.79 Å². The summed E-state index contributed by atoms with van der Waals surface area (Å²) in [5.41, 5.74) is 7.59. The van der Waals surface area contributed by atoms with Gasteiger partial charge in [0.25, 0.3) is 0 Å². The summed E-state index contributed by atoms with van der Waals surface area (Å²) in [6, 6.07) is 0. The number of nitrogens with zero attached hydrogens (tertiary/aromatic N) is 5. The summed E-state index contributed by atoms with van der Waals surface area (Å²) in [6.07, 6.45) is 1.90. The molecule has 2 heterocycles. The summed E-state index contributed by atoms with van der Waals surface area (Å²) < 4.78 is 3.24. The number of carbonyl (C=O) groups is 1. The summed E-state index contributed by atoms with van der Waals surface area (Å²) >= 11 is 6.18. The lowest BCUT2D eigenvalue weighted by Gasteiger charge is -2.04. The first-order valence-electron chi connectivity index (χ1n) is 6.37. The van der Waals surface area contributed by atoms with E-state index in [9.17, 15) is 4.79 Å². The molecule has 0 aliphatic carbocycles. The van der Waals surface area contributed by atoms with Crippen LogP contribution < -0.4 is 5.73 Å². The number of hydrogen-bond donors (Lipinski definition) is 1. The van der Waals surface area contributed by atoms with Crippen molar-refractivity contribution in [1.29, 1.82) is 0 Å². The van der Waals surface area contributed by atoms with E-state index in [0.717, 1.165) is 11.4 Å². The van der Waals surface area contributed by atoms with Crippen LogP contribution in [0.15, 0.2) is 6.20 Å². The molecule has 0 aromatic carbocycles. The van der Waals surface area contributed by atoms with Crippen LogP contribution in [0.5, 0.6) is 0 Å². The van der Waals surface area contributed by atoms with Crippen molar-refractivity contribution in [3.63, 3.8) is 0 Å². The fourth-order valence-corrected chi connectivity index (χ4v) is 2.17. The molecule has 0 saturated carbocycles. The number of hydrogen-bond acceptors (Lipinski definition) is 5. The zero-order valence-electron chi connectivity index (χ0n) is 11.5. The van der Waals surface area contributed by atoms with Gasteiger partial charge < -0.3 is 5.73 Å². The number of carbonyl (C=O) groups excluding carboxylic acids is 1. The van der Waals surface area contributed by atoms with Gasteiger partial charge in [-0.1, -0.05) is 16.8 Å². The highest BCUT2D eigenvalue weighted by Gasteiger charge is 2.16. The van der Waals surface area contributed by atoms with Crippen LogP contribution in [0, 0.1) is 6.92 Å². The minimum absolute atomic E-state index is 0.00466. The summed E-state index contributed by atoms with van der Waals surface area (Å²) in [7, 11) is 0. The van der Waals surface area contributed by atoms with Crippen LogP contribution in [-0.4, -0.2) is 30.6 Å². The monoisotopic (exact) mass is 296 g/mol. The molecule has 7 nitrogen and oxygen atoms in total. The van der Waals surface area contributed by atoms with E-state index < -0.39 is 0 Å². The molecule has 2 rings (SSSR count). The fourth-order valence-electron chi connectivity index (χ4n) is 1.97. The van der Waals surface area contributed by atoms with E-state index in [2.05, 4.69) is 15.4 Å². The van der Waals surface area contributed by atoms with E-state index >= 15 is 0 Å². The largest absolute Gasteiger partial charge is 0.325 e. The number of aromatic nitrogens is 5. The van der Waals surface area contributed by atoms with Crippen molar-refractivity contribution in [3.8, 4) is 0 Å². The van der Waals surface area contributed by atoms with Crippen molar-refractivity contribution in [1.82, 2.24) is 24.8 Å². The predicted octanol–water partition coefficient (Wildman–Crippen LogP) is 0.727. The SMILES string of the molecule is CCn1nc(C)c(Cl)c1CC(=O)Cn1cc(CN)nn1. The highest BCUT2D eigenvalue weighted by molar-refractivity contribution is 6.32. The zero-order valence-corrected chi connectivity index (χ0v) is 12.3. The van der Waals surface area contributed by atoms with Crippen LogP contribution in [0.4, 0.5) is 0 Å².